The summed E-state index contributed by atoms with van der Waals surface area (Å²) in [5, 5.41) is 0. The van der Waals surface area contributed by atoms with Crippen molar-refractivity contribution < 1.29 is 22.7 Å². The fourth-order valence-corrected chi connectivity index (χ4v) is 4.37. The molecule has 2 aromatic rings. The molecule has 1 aromatic carbocycles. The Morgan fingerprint density at radius 3 is 2.62 bits per heavy atom. The van der Waals surface area contributed by atoms with E-state index in [0.717, 1.165) is 49.8 Å². The number of pyridine rings is 1. The van der Waals surface area contributed by atoms with Crippen LogP contribution in [0.2, 0.25) is 0 Å². The maximum absolute atomic E-state index is 12.9. The number of alkyl halides is 3. The molecule has 172 valence electrons. The van der Waals surface area contributed by atoms with Crippen molar-refractivity contribution in [2.24, 2.45) is 0 Å². The first-order valence-corrected chi connectivity index (χ1v) is 11.1. The molecule has 2 aliphatic rings. The highest BCUT2D eigenvalue weighted by molar-refractivity contribution is 5.78. The SMILES string of the molecule is O=C(CN1CCOCC1)N1CCCC(c2ccc(Cc3cccc(C(F)(F)F)c3)cn2)C1. The van der Waals surface area contributed by atoms with Crippen LogP contribution in [0.3, 0.4) is 0 Å². The molecule has 8 heteroatoms. The molecular weight excluding hydrogens is 419 g/mol. The number of piperidine rings is 1. The summed E-state index contributed by atoms with van der Waals surface area (Å²) in [6, 6.07) is 9.28. The van der Waals surface area contributed by atoms with Crippen LogP contribution in [0, 0.1) is 0 Å². The van der Waals surface area contributed by atoms with E-state index >= 15 is 0 Å². The van der Waals surface area contributed by atoms with Crippen LogP contribution in [0.5, 0.6) is 0 Å². The normalized spacial score (nSPS) is 20.3. The first-order chi connectivity index (χ1) is 15.4. The number of halogens is 3. The van der Waals surface area contributed by atoms with Gasteiger partial charge in [0.1, 0.15) is 0 Å². The van der Waals surface area contributed by atoms with Crippen LogP contribution in [-0.2, 0) is 22.1 Å². The summed E-state index contributed by atoms with van der Waals surface area (Å²) in [5.74, 6) is 0.331. The predicted octanol–water partition coefficient (Wildman–Crippen LogP) is 3.73. The minimum atomic E-state index is -4.34. The third-order valence-electron chi connectivity index (χ3n) is 6.17. The van der Waals surface area contributed by atoms with Crippen molar-refractivity contribution in [3.63, 3.8) is 0 Å². The van der Waals surface area contributed by atoms with Gasteiger partial charge in [0.15, 0.2) is 0 Å². The Balaban J connectivity index is 1.35. The quantitative estimate of drug-likeness (QED) is 0.701. The molecule has 5 nitrogen and oxygen atoms in total. The van der Waals surface area contributed by atoms with Crippen molar-refractivity contribution in [3.05, 3.63) is 65.0 Å². The smallest absolute Gasteiger partial charge is 0.379 e. The van der Waals surface area contributed by atoms with Crippen LogP contribution in [0.25, 0.3) is 0 Å². The molecule has 32 heavy (non-hydrogen) atoms. The number of hydrogen-bond donors (Lipinski definition) is 0. The van der Waals surface area contributed by atoms with Gasteiger partial charge in [-0.3, -0.25) is 14.7 Å². The van der Waals surface area contributed by atoms with Gasteiger partial charge < -0.3 is 9.64 Å². The number of morpholine rings is 1. The lowest BCUT2D eigenvalue weighted by molar-refractivity contribution is -0.137. The van der Waals surface area contributed by atoms with E-state index < -0.39 is 11.7 Å². The number of aromatic nitrogens is 1. The van der Waals surface area contributed by atoms with Crippen molar-refractivity contribution in [1.29, 1.82) is 0 Å². The van der Waals surface area contributed by atoms with E-state index in [0.29, 0.717) is 38.3 Å². The maximum Gasteiger partial charge on any atom is 0.416 e. The van der Waals surface area contributed by atoms with E-state index in [2.05, 4.69) is 9.88 Å². The summed E-state index contributed by atoms with van der Waals surface area (Å²) in [5.41, 5.74) is 1.77. The van der Waals surface area contributed by atoms with E-state index in [9.17, 15) is 18.0 Å². The molecular formula is C24H28F3N3O2. The third-order valence-corrected chi connectivity index (χ3v) is 6.17. The fraction of sp³-hybridized carbons (Fsp3) is 0.500. The molecule has 0 radical (unpaired) electrons. The average molecular weight is 448 g/mol. The summed E-state index contributed by atoms with van der Waals surface area (Å²) < 4.78 is 44.2. The van der Waals surface area contributed by atoms with Gasteiger partial charge in [-0.2, -0.15) is 13.2 Å². The minimum absolute atomic E-state index is 0.151. The predicted molar refractivity (Wildman–Crippen MR) is 114 cm³/mol. The van der Waals surface area contributed by atoms with Crippen molar-refractivity contribution in [2.75, 3.05) is 45.9 Å². The van der Waals surface area contributed by atoms with E-state index in [1.807, 2.05) is 17.0 Å². The lowest BCUT2D eigenvalue weighted by Gasteiger charge is -2.35. The molecule has 0 N–H and O–H groups in total. The Hall–Kier alpha value is -2.45. The number of amides is 1. The highest BCUT2D eigenvalue weighted by Gasteiger charge is 2.30. The largest absolute Gasteiger partial charge is 0.416 e. The molecule has 1 unspecified atom stereocenters. The molecule has 4 rings (SSSR count). The lowest BCUT2D eigenvalue weighted by Crippen LogP contribution is -2.47. The molecule has 2 fully saturated rings. The second-order valence-electron chi connectivity index (χ2n) is 8.53. The van der Waals surface area contributed by atoms with Crippen LogP contribution in [0.15, 0.2) is 42.6 Å². The van der Waals surface area contributed by atoms with Gasteiger partial charge in [-0.15, -0.1) is 0 Å². The highest BCUT2D eigenvalue weighted by atomic mass is 19.4. The van der Waals surface area contributed by atoms with Gasteiger partial charge in [0.25, 0.3) is 0 Å². The van der Waals surface area contributed by atoms with Crippen LogP contribution in [0.4, 0.5) is 13.2 Å². The number of hydrogen-bond acceptors (Lipinski definition) is 4. The maximum atomic E-state index is 12.9. The summed E-state index contributed by atoms with van der Waals surface area (Å²) in [7, 11) is 0. The number of benzene rings is 1. The molecule has 0 spiro atoms. The van der Waals surface area contributed by atoms with Gasteiger partial charge in [0.05, 0.1) is 25.3 Å². The van der Waals surface area contributed by atoms with Gasteiger partial charge >= 0.3 is 6.18 Å². The number of nitrogens with zero attached hydrogens (tertiary/aromatic N) is 3. The number of carbonyl (C=O) groups is 1. The number of likely N-dealkylation sites (tertiary alicyclic amines) is 1. The molecule has 0 aliphatic carbocycles. The van der Waals surface area contributed by atoms with Gasteiger partial charge in [0.2, 0.25) is 5.91 Å². The lowest BCUT2D eigenvalue weighted by atomic mass is 9.93. The van der Waals surface area contributed by atoms with Gasteiger partial charge in [-0.25, -0.2) is 0 Å². The highest BCUT2D eigenvalue weighted by Crippen LogP contribution is 2.30. The molecule has 2 saturated heterocycles. The number of carbonyl (C=O) groups excluding carboxylic acids is 1. The monoisotopic (exact) mass is 447 g/mol. The van der Waals surface area contributed by atoms with Crippen LogP contribution >= 0.6 is 0 Å². The molecule has 1 atom stereocenters. The molecule has 0 saturated carbocycles. The van der Waals surface area contributed by atoms with Crippen molar-refractivity contribution in [1.82, 2.24) is 14.8 Å². The zero-order chi connectivity index (χ0) is 22.6. The average Bonchev–Trinajstić information content (AvgIpc) is 2.80. The number of ether oxygens (including phenoxy) is 1. The molecule has 2 aliphatic heterocycles. The van der Waals surface area contributed by atoms with E-state index in [-0.39, 0.29) is 11.8 Å². The van der Waals surface area contributed by atoms with Crippen LogP contribution in [-0.4, -0.2) is 66.6 Å². The molecule has 1 amide bonds. The third kappa shape index (κ3) is 5.86. The minimum Gasteiger partial charge on any atom is -0.379 e. The first-order valence-electron chi connectivity index (χ1n) is 11.1. The van der Waals surface area contributed by atoms with Crippen LogP contribution < -0.4 is 0 Å². The van der Waals surface area contributed by atoms with Crippen molar-refractivity contribution >= 4 is 5.91 Å². The second kappa shape index (κ2) is 10.0. The summed E-state index contributed by atoms with van der Waals surface area (Å²) in [6.07, 6.45) is -0.297. The summed E-state index contributed by atoms with van der Waals surface area (Å²) >= 11 is 0. The Labute approximate surface area is 186 Å². The fourth-order valence-electron chi connectivity index (χ4n) is 4.37. The molecule has 3 heterocycles. The van der Waals surface area contributed by atoms with E-state index in [1.54, 1.807) is 12.3 Å². The zero-order valence-electron chi connectivity index (χ0n) is 18.0. The van der Waals surface area contributed by atoms with Gasteiger partial charge in [-0.05, 0) is 42.5 Å². The topological polar surface area (TPSA) is 45.7 Å². The van der Waals surface area contributed by atoms with E-state index in [1.165, 1.54) is 12.1 Å². The first kappa shape index (κ1) is 22.7. The Kier molecular flexibility index (Phi) is 7.10. The summed E-state index contributed by atoms with van der Waals surface area (Å²) in [6.45, 7) is 4.78. The van der Waals surface area contributed by atoms with Crippen LogP contribution in [0.1, 0.15) is 41.1 Å². The van der Waals surface area contributed by atoms with E-state index in [4.69, 9.17) is 4.74 Å². The van der Waals surface area contributed by atoms with Crippen molar-refractivity contribution in [3.8, 4) is 0 Å². The second-order valence-corrected chi connectivity index (χ2v) is 8.53. The Bertz CT molecular complexity index is 911. The van der Waals surface area contributed by atoms with Gasteiger partial charge in [0, 0.05) is 44.0 Å². The zero-order valence-corrected chi connectivity index (χ0v) is 18.0. The standard InChI is InChI=1S/C24H28F3N3O2/c25-24(26,27)21-5-1-3-18(14-21)13-19-6-7-22(28-15-19)20-4-2-8-30(16-20)23(31)17-29-9-11-32-12-10-29/h1,3,5-7,14-15,20H,2,4,8-13,16-17H2. The van der Waals surface area contributed by atoms with Gasteiger partial charge in [-0.1, -0.05) is 24.3 Å². The molecule has 1 aromatic heterocycles. The summed E-state index contributed by atoms with van der Waals surface area (Å²) in [4.78, 5) is 21.4. The Morgan fingerprint density at radius 2 is 1.91 bits per heavy atom. The molecule has 0 bridgehead atoms. The van der Waals surface area contributed by atoms with Crippen molar-refractivity contribution in [2.45, 2.75) is 31.4 Å². The Morgan fingerprint density at radius 1 is 1.09 bits per heavy atom. The number of rotatable bonds is 5.